The SMILES string of the molecule is CCc1ccc(C2=CC3(C=C2c2ccc(S(N)(=O)=O)cc2)CC3)cc1. The normalized spacial score (nSPS) is 18.2. The van der Waals surface area contributed by atoms with Crippen LogP contribution in [0.4, 0.5) is 0 Å². The van der Waals surface area contributed by atoms with Crippen LogP contribution >= 0.6 is 0 Å². The molecule has 25 heavy (non-hydrogen) atoms. The van der Waals surface area contributed by atoms with E-state index in [4.69, 9.17) is 5.14 Å². The fourth-order valence-corrected chi connectivity index (χ4v) is 3.94. The molecule has 2 aliphatic carbocycles. The van der Waals surface area contributed by atoms with Crippen molar-refractivity contribution in [2.75, 3.05) is 0 Å². The van der Waals surface area contributed by atoms with Gasteiger partial charge in [-0.1, -0.05) is 55.5 Å². The lowest BCUT2D eigenvalue weighted by Crippen LogP contribution is -2.11. The van der Waals surface area contributed by atoms with Crippen molar-refractivity contribution in [3.63, 3.8) is 0 Å². The summed E-state index contributed by atoms with van der Waals surface area (Å²) in [6.07, 6.45) is 8.10. The van der Waals surface area contributed by atoms with E-state index in [0.29, 0.717) is 0 Å². The van der Waals surface area contributed by atoms with Crippen LogP contribution in [0.15, 0.2) is 65.6 Å². The summed E-state index contributed by atoms with van der Waals surface area (Å²) in [6.45, 7) is 2.15. The second-order valence-corrected chi connectivity index (χ2v) is 8.53. The Morgan fingerprint density at radius 3 is 1.76 bits per heavy atom. The highest BCUT2D eigenvalue weighted by Gasteiger charge is 2.43. The molecule has 128 valence electrons. The van der Waals surface area contributed by atoms with Crippen molar-refractivity contribution in [3.05, 3.63) is 77.4 Å². The van der Waals surface area contributed by atoms with Gasteiger partial charge < -0.3 is 0 Å². The lowest BCUT2D eigenvalue weighted by molar-refractivity contribution is 0.598. The number of aryl methyl sites for hydroxylation is 1. The van der Waals surface area contributed by atoms with Crippen molar-refractivity contribution >= 4 is 21.2 Å². The molecular formula is C21H21NO2S. The van der Waals surface area contributed by atoms with E-state index in [0.717, 1.165) is 12.0 Å². The molecule has 4 heteroatoms. The number of hydrogen-bond acceptors (Lipinski definition) is 2. The summed E-state index contributed by atoms with van der Waals surface area (Å²) in [5.41, 5.74) is 6.19. The summed E-state index contributed by atoms with van der Waals surface area (Å²) in [5.74, 6) is 0. The molecule has 2 aliphatic rings. The lowest BCUT2D eigenvalue weighted by atomic mass is 9.94. The smallest absolute Gasteiger partial charge is 0.225 e. The van der Waals surface area contributed by atoms with Crippen molar-refractivity contribution in [1.29, 1.82) is 0 Å². The van der Waals surface area contributed by atoms with E-state index in [1.165, 1.54) is 35.1 Å². The molecule has 0 aliphatic heterocycles. The highest BCUT2D eigenvalue weighted by molar-refractivity contribution is 7.89. The quantitative estimate of drug-likeness (QED) is 0.899. The van der Waals surface area contributed by atoms with Gasteiger partial charge in [0.15, 0.2) is 0 Å². The molecule has 0 atom stereocenters. The van der Waals surface area contributed by atoms with Crippen LogP contribution in [0.25, 0.3) is 11.1 Å². The van der Waals surface area contributed by atoms with Crippen LogP contribution in [0.1, 0.15) is 36.5 Å². The Kier molecular flexibility index (Phi) is 3.71. The zero-order valence-electron chi connectivity index (χ0n) is 14.2. The van der Waals surface area contributed by atoms with E-state index >= 15 is 0 Å². The first kappa shape index (κ1) is 16.3. The summed E-state index contributed by atoms with van der Waals surface area (Å²) in [4.78, 5) is 0.147. The zero-order valence-corrected chi connectivity index (χ0v) is 15.0. The van der Waals surface area contributed by atoms with Gasteiger partial charge in [-0.2, -0.15) is 0 Å². The predicted octanol–water partition coefficient (Wildman–Crippen LogP) is 4.16. The fraction of sp³-hybridized carbons (Fsp3) is 0.238. The summed E-state index contributed by atoms with van der Waals surface area (Å²) in [6, 6.07) is 15.6. The van der Waals surface area contributed by atoms with Gasteiger partial charge in [0.05, 0.1) is 4.90 Å². The van der Waals surface area contributed by atoms with Gasteiger partial charge in [0.1, 0.15) is 0 Å². The van der Waals surface area contributed by atoms with Crippen LogP contribution in [0.2, 0.25) is 0 Å². The lowest BCUT2D eigenvalue weighted by Gasteiger charge is -2.11. The standard InChI is InChI=1S/C21H21NO2S/c1-2-15-3-5-16(6-4-15)19-13-21(11-12-21)14-20(19)17-7-9-18(10-8-17)25(22,23)24/h3-10,13-14H,2,11-12H2,1H3,(H2,22,23,24). The van der Waals surface area contributed by atoms with Crippen molar-refractivity contribution < 1.29 is 8.42 Å². The van der Waals surface area contributed by atoms with Crippen LogP contribution in [0.3, 0.4) is 0 Å². The highest BCUT2D eigenvalue weighted by atomic mass is 32.2. The number of nitrogens with two attached hydrogens (primary N) is 1. The first-order valence-electron chi connectivity index (χ1n) is 8.59. The van der Waals surface area contributed by atoms with E-state index in [1.807, 2.05) is 12.1 Å². The number of benzene rings is 2. The zero-order chi connectivity index (χ0) is 17.7. The van der Waals surface area contributed by atoms with Gasteiger partial charge in [0, 0.05) is 5.41 Å². The Hall–Kier alpha value is -2.17. The van der Waals surface area contributed by atoms with E-state index < -0.39 is 10.0 Å². The largest absolute Gasteiger partial charge is 0.238 e. The Labute approximate surface area is 148 Å². The maximum absolute atomic E-state index is 11.5. The molecule has 2 aromatic carbocycles. The Morgan fingerprint density at radius 1 is 0.880 bits per heavy atom. The maximum atomic E-state index is 11.5. The van der Waals surface area contributed by atoms with Crippen LogP contribution in [0, 0.1) is 5.41 Å². The summed E-state index contributed by atoms with van der Waals surface area (Å²) < 4.78 is 23.0. The van der Waals surface area contributed by atoms with Gasteiger partial charge in [-0.05, 0) is 59.2 Å². The second kappa shape index (κ2) is 5.68. The number of hydrogen-bond donors (Lipinski definition) is 1. The molecule has 3 nitrogen and oxygen atoms in total. The molecule has 1 saturated carbocycles. The molecule has 0 bridgehead atoms. The number of sulfonamides is 1. The van der Waals surface area contributed by atoms with E-state index in [9.17, 15) is 8.42 Å². The average Bonchev–Trinajstić information content (AvgIpc) is 3.25. The van der Waals surface area contributed by atoms with Crippen molar-refractivity contribution in [2.45, 2.75) is 31.1 Å². The molecule has 2 aromatic rings. The average molecular weight is 351 g/mol. The van der Waals surface area contributed by atoms with Crippen LogP contribution in [0.5, 0.6) is 0 Å². The number of allylic oxidation sites excluding steroid dienone is 4. The fourth-order valence-electron chi connectivity index (χ4n) is 3.43. The minimum absolute atomic E-state index is 0.147. The Morgan fingerprint density at radius 2 is 1.36 bits per heavy atom. The molecule has 4 rings (SSSR count). The van der Waals surface area contributed by atoms with Crippen molar-refractivity contribution in [1.82, 2.24) is 0 Å². The van der Waals surface area contributed by atoms with E-state index in [-0.39, 0.29) is 10.3 Å². The Balaban J connectivity index is 1.73. The molecule has 0 aromatic heterocycles. The topological polar surface area (TPSA) is 60.2 Å². The minimum atomic E-state index is -3.66. The monoisotopic (exact) mass is 351 g/mol. The highest BCUT2D eigenvalue weighted by Crippen LogP contribution is 2.57. The van der Waals surface area contributed by atoms with Gasteiger partial charge in [-0.3, -0.25) is 0 Å². The van der Waals surface area contributed by atoms with Gasteiger partial charge in [0.2, 0.25) is 10.0 Å². The van der Waals surface area contributed by atoms with Gasteiger partial charge in [0.25, 0.3) is 0 Å². The molecule has 0 unspecified atom stereocenters. The van der Waals surface area contributed by atoms with E-state index in [2.05, 4.69) is 43.3 Å². The molecule has 0 amide bonds. The summed E-state index contributed by atoms with van der Waals surface area (Å²) in [7, 11) is -3.66. The third-order valence-electron chi connectivity index (χ3n) is 5.15. The molecule has 0 saturated heterocycles. The first-order chi connectivity index (χ1) is 11.9. The van der Waals surface area contributed by atoms with Gasteiger partial charge in [-0.25, -0.2) is 13.6 Å². The molecule has 1 spiro atoms. The molecular weight excluding hydrogens is 330 g/mol. The third kappa shape index (κ3) is 3.08. The third-order valence-corrected chi connectivity index (χ3v) is 6.08. The molecule has 0 radical (unpaired) electrons. The van der Waals surface area contributed by atoms with Crippen LogP contribution in [-0.2, 0) is 16.4 Å². The Bertz CT molecular complexity index is 977. The molecule has 1 fully saturated rings. The first-order valence-corrected chi connectivity index (χ1v) is 10.1. The van der Waals surface area contributed by atoms with Gasteiger partial charge >= 0.3 is 0 Å². The molecule has 0 heterocycles. The van der Waals surface area contributed by atoms with Crippen LogP contribution in [-0.4, -0.2) is 8.42 Å². The molecule has 2 N–H and O–H groups in total. The van der Waals surface area contributed by atoms with Crippen molar-refractivity contribution in [2.24, 2.45) is 10.6 Å². The minimum Gasteiger partial charge on any atom is -0.225 e. The van der Waals surface area contributed by atoms with Crippen LogP contribution < -0.4 is 5.14 Å². The second-order valence-electron chi connectivity index (χ2n) is 6.97. The number of primary sulfonamides is 1. The summed E-state index contributed by atoms with van der Waals surface area (Å²) in [5, 5.41) is 5.21. The summed E-state index contributed by atoms with van der Waals surface area (Å²) >= 11 is 0. The van der Waals surface area contributed by atoms with Crippen molar-refractivity contribution in [3.8, 4) is 0 Å². The van der Waals surface area contributed by atoms with E-state index in [1.54, 1.807) is 12.1 Å². The van der Waals surface area contributed by atoms with Gasteiger partial charge in [-0.15, -0.1) is 0 Å². The maximum Gasteiger partial charge on any atom is 0.238 e. The number of rotatable bonds is 4. The predicted molar refractivity (Wildman–Crippen MR) is 101 cm³/mol.